The van der Waals surface area contributed by atoms with E-state index in [2.05, 4.69) is 5.32 Å². The van der Waals surface area contributed by atoms with Crippen LogP contribution in [-0.4, -0.2) is 25.0 Å². The van der Waals surface area contributed by atoms with Crippen LogP contribution in [0.1, 0.15) is 37.6 Å². The summed E-state index contributed by atoms with van der Waals surface area (Å²) in [7, 11) is 0. The van der Waals surface area contributed by atoms with Crippen LogP contribution >= 0.6 is 0 Å². The average molecular weight is 313 g/mol. The molecule has 0 aliphatic rings. The number of ether oxygens (including phenoxy) is 1. The van der Waals surface area contributed by atoms with E-state index in [0.29, 0.717) is 12.1 Å². The molecule has 1 N–H and O–H groups in total. The molecule has 4 heteroatoms. The highest BCUT2D eigenvalue weighted by Gasteiger charge is 2.26. The average Bonchev–Trinajstić information content (AvgIpc) is 2.57. The van der Waals surface area contributed by atoms with Gasteiger partial charge in [0.05, 0.1) is 12.0 Å². The van der Waals surface area contributed by atoms with Crippen LogP contribution < -0.4 is 5.32 Å². The van der Waals surface area contributed by atoms with Gasteiger partial charge in [0, 0.05) is 5.56 Å². The molecule has 4 nitrogen and oxygen atoms in total. The SMILES string of the molecule is CCC(C)(C)C(=O)OCCNC(=O)c1ccc2ccccc2c1. The Labute approximate surface area is 136 Å². The lowest BCUT2D eigenvalue weighted by Gasteiger charge is -2.20. The van der Waals surface area contributed by atoms with Gasteiger partial charge < -0.3 is 10.1 Å². The zero-order chi connectivity index (χ0) is 16.9. The highest BCUT2D eigenvalue weighted by atomic mass is 16.5. The van der Waals surface area contributed by atoms with Gasteiger partial charge in [-0.1, -0.05) is 37.3 Å². The van der Waals surface area contributed by atoms with E-state index in [-0.39, 0.29) is 18.5 Å². The molecule has 122 valence electrons. The molecule has 0 aliphatic heterocycles. The van der Waals surface area contributed by atoms with Crippen LogP contribution in [0.25, 0.3) is 10.8 Å². The number of fused-ring (bicyclic) bond motifs is 1. The summed E-state index contributed by atoms with van der Waals surface area (Å²) < 4.78 is 5.20. The summed E-state index contributed by atoms with van der Waals surface area (Å²) in [6, 6.07) is 13.5. The van der Waals surface area contributed by atoms with Gasteiger partial charge in [-0.15, -0.1) is 0 Å². The molecule has 2 aromatic rings. The minimum absolute atomic E-state index is 0.165. The standard InChI is InChI=1S/C19H23NO3/c1-4-19(2,3)18(22)23-12-11-20-17(21)16-10-9-14-7-5-6-8-15(14)13-16/h5-10,13H,4,11-12H2,1-3H3,(H,20,21). The summed E-state index contributed by atoms with van der Waals surface area (Å²) in [6.07, 6.45) is 0.718. The Hall–Kier alpha value is -2.36. The quantitative estimate of drug-likeness (QED) is 0.655. The number of hydrogen-bond acceptors (Lipinski definition) is 3. The van der Waals surface area contributed by atoms with Gasteiger partial charge in [0.1, 0.15) is 6.61 Å². The number of hydrogen-bond donors (Lipinski definition) is 1. The number of carbonyl (C=O) groups is 2. The first-order valence-electron chi connectivity index (χ1n) is 7.88. The zero-order valence-electron chi connectivity index (χ0n) is 13.9. The topological polar surface area (TPSA) is 55.4 Å². The fraction of sp³-hybridized carbons (Fsp3) is 0.368. The van der Waals surface area contributed by atoms with Crippen molar-refractivity contribution < 1.29 is 14.3 Å². The molecule has 0 heterocycles. The third-order valence-corrected chi connectivity index (χ3v) is 4.07. The lowest BCUT2D eigenvalue weighted by molar-refractivity contribution is -0.153. The Morgan fingerprint density at radius 3 is 2.48 bits per heavy atom. The van der Waals surface area contributed by atoms with Gasteiger partial charge in [-0.25, -0.2) is 0 Å². The van der Waals surface area contributed by atoms with Gasteiger partial charge in [-0.3, -0.25) is 9.59 Å². The van der Waals surface area contributed by atoms with E-state index in [1.165, 1.54) is 0 Å². The molecule has 0 aromatic heterocycles. The zero-order valence-corrected chi connectivity index (χ0v) is 13.9. The van der Waals surface area contributed by atoms with Crippen molar-refractivity contribution in [2.75, 3.05) is 13.2 Å². The Kier molecular flexibility index (Phi) is 5.37. The number of esters is 1. The highest BCUT2D eigenvalue weighted by Crippen LogP contribution is 2.21. The summed E-state index contributed by atoms with van der Waals surface area (Å²) in [5.41, 5.74) is 0.117. The molecule has 0 saturated carbocycles. The Morgan fingerprint density at radius 2 is 1.78 bits per heavy atom. The van der Waals surface area contributed by atoms with E-state index >= 15 is 0 Å². The fourth-order valence-corrected chi connectivity index (χ4v) is 2.08. The minimum Gasteiger partial charge on any atom is -0.463 e. The van der Waals surface area contributed by atoms with Crippen LogP contribution in [0.2, 0.25) is 0 Å². The molecule has 0 bridgehead atoms. The second-order valence-corrected chi connectivity index (χ2v) is 6.19. The van der Waals surface area contributed by atoms with Crippen molar-refractivity contribution in [3.8, 4) is 0 Å². The summed E-state index contributed by atoms with van der Waals surface area (Å²) in [6.45, 7) is 6.13. The molecule has 2 aromatic carbocycles. The van der Waals surface area contributed by atoms with Crippen molar-refractivity contribution in [3.63, 3.8) is 0 Å². The molecular formula is C19H23NO3. The van der Waals surface area contributed by atoms with Gasteiger partial charge in [0.15, 0.2) is 0 Å². The predicted molar refractivity (Wildman–Crippen MR) is 91.3 cm³/mol. The van der Waals surface area contributed by atoms with Crippen molar-refractivity contribution in [2.45, 2.75) is 27.2 Å². The predicted octanol–water partition coefficient (Wildman–Crippen LogP) is 3.55. The summed E-state index contributed by atoms with van der Waals surface area (Å²) in [4.78, 5) is 24.0. The van der Waals surface area contributed by atoms with Crippen LogP contribution in [-0.2, 0) is 9.53 Å². The number of benzene rings is 2. The molecule has 23 heavy (non-hydrogen) atoms. The Balaban J connectivity index is 1.86. The smallest absolute Gasteiger partial charge is 0.311 e. The lowest BCUT2D eigenvalue weighted by Crippen LogP contribution is -2.31. The van der Waals surface area contributed by atoms with E-state index in [9.17, 15) is 9.59 Å². The highest BCUT2D eigenvalue weighted by molar-refractivity contribution is 5.98. The van der Waals surface area contributed by atoms with E-state index < -0.39 is 5.41 Å². The van der Waals surface area contributed by atoms with Crippen LogP contribution in [0.3, 0.4) is 0 Å². The van der Waals surface area contributed by atoms with Crippen LogP contribution in [0.15, 0.2) is 42.5 Å². The van der Waals surface area contributed by atoms with Crippen molar-refractivity contribution in [2.24, 2.45) is 5.41 Å². The molecule has 0 saturated heterocycles. The van der Waals surface area contributed by atoms with Crippen molar-refractivity contribution >= 4 is 22.6 Å². The Bertz CT molecular complexity index is 707. The maximum atomic E-state index is 12.1. The van der Waals surface area contributed by atoms with Crippen LogP contribution in [0.4, 0.5) is 0 Å². The summed E-state index contributed by atoms with van der Waals surface area (Å²) in [5.74, 6) is -0.401. The second kappa shape index (κ2) is 7.27. The second-order valence-electron chi connectivity index (χ2n) is 6.19. The monoisotopic (exact) mass is 313 g/mol. The van der Waals surface area contributed by atoms with Gasteiger partial charge >= 0.3 is 5.97 Å². The maximum Gasteiger partial charge on any atom is 0.311 e. The number of carbonyl (C=O) groups excluding carboxylic acids is 2. The first-order valence-corrected chi connectivity index (χ1v) is 7.88. The van der Waals surface area contributed by atoms with E-state index in [4.69, 9.17) is 4.74 Å². The van der Waals surface area contributed by atoms with Gasteiger partial charge in [0.25, 0.3) is 5.91 Å². The number of amides is 1. The molecule has 2 rings (SSSR count). The normalized spacial score (nSPS) is 11.3. The van der Waals surface area contributed by atoms with Gasteiger partial charge in [-0.05, 0) is 43.2 Å². The van der Waals surface area contributed by atoms with Crippen molar-refractivity contribution in [1.82, 2.24) is 5.32 Å². The van der Waals surface area contributed by atoms with E-state index in [1.807, 2.05) is 57.2 Å². The van der Waals surface area contributed by atoms with E-state index in [0.717, 1.165) is 17.2 Å². The molecule has 0 spiro atoms. The Morgan fingerprint density at radius 1 is 1.09 bits per heavy atom. The van der Waals surface area contributed by atoms with E-state index in [1.54, 1.807) is 6.07 Å². The number of rotatable bonds is 6. The molecular weight excluding hydrogens is 290 g/mol. The van der Waals surface area contributed by atoms with Gasteiger partial charge in [-0.2, -0.15) is 0 Å². The van der Waals surface area contributed by atoms with Crippen molar-refractivity contribution in [3.05, 3.63) is 48.0 Å². The maximum absolute atomic E-state index is 12.1. The largest absolute Gasteiger partial charge is 0.463 e. The molecule has 0 unspecified atom stereocenters. The summed E-state index contributed by atoms with van der Waals surface area (Å²) in [5, 5.41) is 4.89. The fourth-order valence-electron chi connectivity index (χ4n) is 2.08. The first kappa shape index (κ1) is 17.0. The minimum atomic E-state index is -0.484. The van der Waals surface area contributed by atoms with Gasteiger partial charge in [0.2, 0.25) is 0 Å². The lowest BCUT2D eigenvalue weighted by atomic mass is 9.91. The molecule has 0 fully saturated rings. The number of nitrogens with one attached hydrogen (secondary N) is 1. The third-order valence-electron chi connectivity index (χ3n) is 4.07. The summed E-state index contributed by atoms with van der Waals surface area (Å²) >= 11 is 0. The molecule has 0 radical (unpaired) electrons. The first-order chi connectivity index (χ1) is 10.9. The van der Waals surface area contributed by atoms with Crippen LogP contribution in [0.5, 0.6) is 0 Å². The van der Waals surface area contributed by atoms with Crippen LogP contribution in [0, 0.1) is 5.41 Å². The molecule has 1 amide bonds. The molecule has 0 aliphatic carbocycles. The molecule has 0 atom stereocenters. The van der Waals surface area contributed by atoms with Crippen molar-refractivity contribution in [1.29, 1.82) is 0 Å². The third kappa shape index (κ3) is 4.31.